The number of rotatable bonds is 7. The second-order valence-corrected chi connectivity index (χ2v) is 7.09. The largest absolute Gasteiger partial charge is 0.315 e. The Morgan fingerprint density at radius 1 is 1.05 bits per heavy atom. The van der Waals surface area contributed by atoms with E-state index >= 15 is 0 Å². The minimum atomic E-state index is 0.740. The Kier molecular flexibility index (Phi) is 8.01. The van der Waals surface area contributed by atoms with E-state index in [1.807, 2.05) is 0 Å². The molecule has 1 saturated heterocycles. The highest BCUT2D eigenvalue weighted by Gasteiger charge is 2.23. The molecule has 1 fully saturated rings. The quantitative estimate of drug-likeness (QED) is 0.756. The van der Waals surface area contributed by atoms with Crippen LogP contribution in [0.4, 0.5) is 0 Å². The van der Waals surface area contributed by atoms with Gasteiger partial charge >= 0.3 is 0 Å². The molecule has 0 aromatic heterocycles. The lowest BCUT2D eigenvalue weighted by atomic mass is 9.89. The van der Waals surface area contributed by atoms with Gasteiger partial charge in [0.25, 0.3) is 0 Å². The molecule has 114 valence electrons. The number of likely N-dealkylation sites (tertiary alicyclic amines) is 1. The summed E-state index contributed by atoms with van der Waals surface area (Å²) < 4.78 is 0. The van der Waals surface area contributed by atoms with Crippen molar-refractivity contribution in [3.63, 3.8) is 0 Å². The van der Waals surface area contributed by atoms with Gasteiger partial charge in [0.1, 0.15) is 0 Å². The van der Waals surface area contributed by atoms with E-state index in [0.717, 1.165) is 30.3 Å². The average Bonchev–Trinajstić information content (AvgIpc) is 2.60. The smallest absolute Gasteiger partial charge is 0.0218 e. The van der Waals surface area contributed by atoms with Gasteiger partial charge in [-0.15, -0.1) is 0 Å². The van der Waals surface area contributed by atoms with Gasteiger partial charge in [0.15, 0.2) is 0 Å². The molecule has 0 aliphatic carbocycles. The van der Waals surface area contributed by atoms with Gasteiger partial charge in [-0.25, -0.2) is 0 Å². The summed E-state index contributed by atoms with van der Waals surface area (Å²) in [7, 11) is 0. The molecule has 0 radical (unpaired) electrons. The van der Waals surface area contributed by atoms with E-state index in [2.05, 4.69) is 44.8 Å². The zero-order valence-electron chi connectivity index (χ0n) is 13.9. The summed E-state index contributed by atoms with van der Waals surface area (Å²) in [4.78, 5) is 2.75. The van der Waals surface area contributed by atoms with E-state index in [0.29, 0.717) is 0 Å². The molecule has 1 aliphatic heterocycles. The van der Waals surface area contributed by atoms with Crippen LogP contribution in [0, 0.1) is 17.8 Å². The van der Waals surface area contributed by atoms with Gasteiger partial charge in [-0.1, -0.05) is 34.6 Å². The molecule has 1 heterocycles. The van der Waals surface area contributed by atoms with E-state index in [1.165, 1.54) is 45.3 Å². The Hall–Kier alpha value is -0.0800. The van der Waals surface area contributed by atoms with E-state index in [9.17, 15) is 0 Å². The van der Waals surface area contributed by atoms with Crippen LogP contribution in [0.15, 0.2) is 0 Å². The van der Waals surface area contributed by atoms with Crippen LogP contribution in [0.1, 0.15) is 60.3 Å². The third-order valence-corrected chi connectivity index (χ3v) is 4.67. The lowest BCUT2D eigenvalue weighted by molar-refractivity contribution is 0.187. The molecule has 0 spiro atoms. The zero-order valence-corrected chi connectivity index (χ0v) is 13.9. The Bertz CT molecular complexity index is 225. The molecule has 0 amide bonds. The summed E-state index contributed by atoms with van der Waals surface area (Å²) in [6.07, 6.45) is 5.50. The lowest BCUT2D eigenvalue weighted by Gasteiger charge is -2.30. The molecule has 1 rings (SSSR count). The van der Waals surface area contributed by atoms with E-state index in [1.54, 1.807) is 0 Å². The van der Waals surface area contributed by atoms with Crippen molar-refractivity contribution in [2.45, 2.75) is 66.3 Å². The van der Waals surface area contributed by atoms with Crippen molar-refractivity contribution in [1.82, 2.24) is 10.2 Å². The second-order valence-electron chi connectivity index (χ2n) is 7.09. The highest BCUT2D eigenvalue weighted by molar-refractivity contribution is 4.78. The fourth-order valence-corrected chi connectivity index (χ4v) is 3.25. The minimum absolute atomic E-state index is 0.740. The minimum Gasteiger partial charge on any atom is -0.315 e. The molecule has 2 atom stereocenters. The van der Waals surface area contributed by atoms with Gasteiger partial charge in [-0.3, -0.25) is 4.90 Å². The summed E-state index contributed by atoms with van der Waals surface area (Å²) >= 11 is 0. The van der Waals surface area contributed by atoms with Crippen molar-refractivity contribution in [3.05, 3.63) is 0 Å². The molecule has 0 aromatic rings. The first-order valence-electron chi connectivity index (χ1n) is 8.49. The molecular weight excluding hydrogens is 232 g/mol. The van der Waals surface area contributed by atoms with Crippen LogP contribution in [-0.2, 0) is 0 Å². The van der Waals surface area contributed by atoms with Gasteiger partial charge in [0.2, 0.25) is 0 Å². The SMILES string of the molecule is CCC(CNCC(C)C)N1CCCC(C(C)C)CC1. The molecule has 0 bridgehead atoms. The molecule has 2 heteroatoms. The Balaban J connectivity index is 2.38. The Morgan fingerprint density at radius 2 is 1.79 bits per heavy atom. The maximum atomic E-state index is 3.65. The summed E-state index contributed by atoms with van der Waals surface area (Å²) in [5.74, 6) is 2.57. The topological polar surface area (TPSA) is 15.3 Å². The van der Waals surface area contributed by atoms with Crippen molar-refractivity contribution >= 4 is 0 Å². The Labute approximate surface area is 121 Å². The highest BCUT2D eigenvalue weighted by atomic mass is 15.2. The third-order valence-electron chi connectivity index (χ3n) is 4.67. The zero-order chi connectivity index (χ0) is 14.3. The van der Waals surface area contributed by atoms with Crippen molar-refractivity contribution in [1.29, 1.82) is 0 Å². The van der Waals surface area contributed by atoms with Crippen molar-refractivity contribution in [2.24, 2.45) is 17.8 Å². The first-order valence-corrected chi connectivity index (χ1v) is 8.49. The summed E-state index contributed by atoms with van der Waals surface area (Å²) in [6, 6.07) is 0.740. The molecule has 0 aromatic carbocycles. The molecular formula is C17H36N2. The summed E-state index contributed by atoms with van der Waals surface area (Å²) in [6.45, 7) is 16.6. The fourth-order valence-electron chi connectivity index (χ4n) is 3.25. The van der Waals surface area contributed by atoms with Crippen molar-refractivity contribution in [3.8, 4) is 0 Å². The normalized spacial score (nSPS) is 23.8. The maximum absolute atomic E-state index is 3.65. The van der Waals surface area contributed by atoms with E-state index < -0.39 is 0 Å². The molecule has 2 unspecified atom stereocenters. The van der Waals surface area contributed by atoms with E-state index in [4.69, 9.17) is 0 Å². The third kappa shape index (κ3) is 6.27. The van der Waals surface area contributed by atoms with Gasteiger partial charge in [0.05, 0.1) is 0 Å². The van der Waals surface area contributed by atoms with Crippen LogP contribution in [-0.4, -0.2) is 37.1 Å². The van der Waals surface area contributed by atoms with Gasteiger partial charge in [0, 0.05) is 12.6 Å². The molecule has 19 heavy (non-hydrogen) atoms. The predicted octanol–water partition coefficient (Wildman–Crippen LogP) is 3.77. The number of hydrogen-bond acceptors (Lipinski definition) is 2. The molecule has 2 nitrogen and oxygen atoms in total. The van der Waals surface area contributed by atoms with Crippen molar-refractivity contribution in [2.75, 3.05) is 26.2 Å². The lowest BCUT2D eigenvalue weighted by Crippen LogP contribution is -2.43. The summed E-state index contributed by atoms with van der Waals surface area (Å²) in [5, 5.41) is 3.65. The van der Waals surface area contributed by atoms with Gasteiger partial charge in [-0.2, -0.15) is 0 Å². The Morgan fingerprint density at radius 3 is 2.37 bits per heavy atom. The molecule has 1 N–H and O–H groups in total. The first kappa shape index (κ1) is 17.0. The van der Waals surface area contributed by atoms with Crippen molar-refractivity contribution < 1.29 is 0 Å². The molecule has 0 saturated carbocycles. The van der Waals surface area contributed by atoms with Crippen LogP contribution in [0.3, 0.4) is 0 Å². The average molecular weight is 268 g/mol. The standard InChI is InChI=1S/C17H36N2/c1-6-17(13-18-12-14(2)3)19-10-7-8-16(9-11-19)15(4)5/h14-18H,6-13H2,1-5H3. The fraction of sp³-hybridized carbons (Fsp3) is 1.00. The number of nitrogens with zero attached hydrogens (tertiary/aromatic N) is 1. The van der Waals surface area contributed by atoms with Crippen LogP contribution in [0.2, 0.25) is 0 Å². The van der Waals surface area contributed by atoms with E-state index in [-0.39, 0.29) is 0 Å². The monoisotopic (exact) mass is 268 g/mol. The maximum Gasteiger partial charge on any atom is 0.0218 e. The van der Waals surface area contributed by atoms with Crippen LogP contribution in [0.5, 0.6) is 0 Å². The number of hydrogen-bond donors (Lipinski definition) is 1. The highest BCUT2D eigenvalue weighted by Crippen LogP contribution is 2.25. The van der Waals surface area contributed by atoms with Gasteiger partial charge in [-0.05, 0) is 63.1 Å². The van der Waals surface area contributed by atoms with Crippen LogP contribution in [0.25, 0.3) is 0 Å². The van der Waals surface area contributed by atoms with Crippen LogP contribution < -0.4 is 5.32 Å². The summed E-state index contributed by atoms with van der Waals surface area (Å²) in [5.41, 5.74) is 0. The first-order chi connectivity index (χ1) is 9.04. The number of nitrogens with one attached hydrogen (secondary N) is 1. The molecule has 1 aliphatic rings. The second kappa shape index (κ2) is 8.97. The van der Waals surface area contributed by atoms with Crippen LogP contribution >= 0.6 is 0 Å². The predicted molar refractivity (Wildman–Crippen MR) is 85.5 cm³/mol. The van der Waals surface area contributed by atoms with Gasteiger partial charge < -0.3 is 5.32 Å².